The molecule has 22 heavy (non-hydrogen) atoms. The van der Waals surface area contributed by atoms with Crippen LogP contribution in [-0.4, -0.2) is 30.3 Å². The van der Waals surface area contributed by atoms with E-state index in [0.717, 1.165) is 5.69 Å². The molecule has 0 radical (unpaired) electrons. The number of aliphatic imine (C=N–C) groups is 1. The maximum Gasteiger partial charge on any atom is 0.312 e. The first-order valence-electron chi connectivity index (χ1n) is 6.37. The molecule has 6 nitrogen and oxygen atoms in total. The summed E-state index contributed by atoms with van der Waals surface area (Å²) in [6, 6.07) is 10.3. The average molecular weight is 364 g/mol. The first-order chi connectivity index (χ1) is 10.4. The van der Waals surface area contributed by atoms with Crippen molar-refractivity contribution < 1.29 is 10.0 Å². The van der Waals surface area contributed by atoms with Crippen LogP contribution >= 0.6 is 15.9 Å². The van der Waals surface area contributed by atoms with Crippen LogP contribution in [0.4, 0.5) is 17.1 Å². The van der Waals surface area contributed by atoms with E-state index in [1.807, 2.05) is 43.3 Å². The fraction of sp³-hybridized carbons (Fsp3) is 0.133. The summed E-state index contributed by atoms with van der Waals surface area (Å²) in [6.07, 6.45) is 1.40. The number of benzene rings is 2. The summed E-state index contributed by atoms with van der Waals surface area (Å²) in [4.78, 5) is 16.4. The van der Waals surface area contributed by atoms with Gasteiger partial charge >= 0.3 is 5.69 Å². The third kappa shape index (κ3) is 3.62. The van der Waals surface area contributed by atoms with Crippen LogP contribution in [0.1, 0.15) is 5.56 Å². The smallest absolute Gasteiger partial charge is 0.312 e. The molecule has 0 atom stereocenters. The molecule has 0 aliphatic heterocycles. The van der Waals surface area contributed by atoms with Gasteiger partial charge in [-0.3, -0.25) is 15.1 Å². The zero-order valence-corrected chi connectivity index (χ0v) is 13.6. The number of halogens is 1. The Labute approximate surface area is 136 Å². The van der Waals surface area contributed by atoms with Crippen LogP contribution in [0, 0.1) is 10.1 Å². The standard InChI is InChI=1S/C15H14BrN3O3/c1-18(2)13-5-3-12(4-6-13)17-9-10-7-11(16)8-14(15(10)20)19(21)22/h3-9,20H,1-2H3. The van der Waals surface area contributed by atoms with Gasteiger partial charge in [0.25, 0.3) is 0 Å². The van der Waals surface area contributed by atoms with Crippen molar-refractivity contribution in [3.05, 3.63) is 56.5 Å². The fourth-order valence-electron chi connectivity index (χ4n) is 1.82. The number of phenolic OH excluding ortho intramolecular Hbond substituents is 1. The molecule has 0 saturated heterocycles. The molecule has 0 fully saturated rings. The van der Waals surface area contributed by atoms with Crippen molar-refractivity contribution in [2.24, 2.45) is 4.99 Å². The molecule has 0 bridgehead atoms. The van der Waals surface area contributed by atoms with Gasteiger partial charge in [-0.15, -0.1) is 0 Å². The molecular weight excluding hydrogens is 350 g/mol. The number of phenols is 1. The summed E-state index contributed by atoms with van der Waals surface area (Å²) < 4.78 is 0.501. The fourth-order valence-corrected chi connectivity index (χ4v) is 2.29. The molecule has 0 amide bonds. The largest absolute Gasteiger partial charge is 0.502 e. The van der Waals surface area contributed by atoms with Crippen LogP contribution < -0.4 is 4.90 Å². The van der Waals surface area contributed by atoms with E-state index in [9.17, 15) is 15.2 Å². The van der Waals surface area contributed by atoms with Crippen molar-refractivity contribution in [2.45, 2.75) is 0 Å². The molecule has 0 spiro atoms. The summed E-state index contributed by atoms with van der Waals surface area (Å²) >= 11 is 3.18. The Morgan fingerprint density at radius 1 is 1.27 bits per heavy atom. The number of nitrogens with zero attached hydrogens (tertiary/aromatic N) is 3. The van der Waals surface area contributed by atoms with E-state index in [-0.39, 0.29) is 11.3 Å². The Morgan fingerprint density at radius 3 is 2.45 bits per heavy atom. The second-order valence-electron chi connectivity index (χ2n) is 4.79. The van der Waals surface area contributed by atoms with Crippen molar-refractivity contribution in [1.29, 1.82) is 0 Å². The van der Waals surface area contributed by atoms with Gasteiger partial charge in [-0.2, -0.15) is 0 Å². The Hall–Kier alpha value is -2.41. The zero-order valence-electron chi connectivity index (χ0n) is 12.0. The van der Waals surface area contributed by atoms with E-state index >= 15 is 0 Å². The molecule has 0 aliphatic carbocycles. The van der Waals surface area contributed by atoms with Crippen molar-refractivity contribution in [3.8, 4) is 5.75 Å². The first kappa shape index (κ1) is 16.0. The van der Waals surface area contributed by atoms with Gasteiger partial charge in [0.05, 0.1) is 10.6 Å². The predicted molar refractivity (Wildman–Crippen MR) is 90.5 cm³/mol. The number of anilines is 1. The third-order valence-electron chi connectivity index (χ3n) is 3.00. The predicted octanol–water partition coefficient (Wildman–Crippen LogP) is 3.88. The van der Waals surface area contributed by atoms with Crippen LogP contribution in [0.5, 0.6) is 5.75 Å². The number of rotatable bonds is 4. The highest BCUT2D eigenvalue weighted by Gasteiger charge is 2.17. The minimum absolute atomic E-state index is 0.276. The van der Waals surface area contributed by atoms with E-state index in [4.69, 9.17) is 0 Å². The second-order valence-corrected chi connectivity index (χ2v) is 5.70. The van der Waals surface area contributed by atoms with Crippen LogP contribution in [-0.2, 0) is 0 Å². The summed E-state index contributed by atoms with van der Waals surface area (Å²) in [7, 11) is 3.88. The van der Waals surface area contributed by atoms with E-state index < -0.39 is 10.7 Å². The molecule has 0 heterocycles. The molecule has 0 saturated carbocycles. The van der Waals surface area contributed by atoms with Crippen molar-refractivity contribution in [2.75, 3.05) is 19.0 Å². The summed E-state index contributed by atoms with van der Waals surface area (Å²) in [5, 5.41) is 20.8. The molecule has 0 aliphatic rings. The Bertz CT molecular complexity index is 728. The molecule has 2 aromatic carbocycles. The Kier molecular flexibility index (Phi) is 4.77. The lowest BCUT2D eigenvalue weighted by Gasteiger charge is -2.11. The quantitative estimate of drug-likeness (QED) is 0.507. The van der Waals surface area contributed by atoms with E-state index in [1.165, 1.54) is 12.3 Å². The third-order valence-corrected chi connectivity index (χ3v) is 3.46. The maximum atomic E-state index is 10.9. The number of hydrogen-bond acceptors (Lipinski definition) is 5. The summed E-state index contributed by atoms with van der Waals surface area (Å²) in [5.41, 5.74) is 1.64. The molecular formula is C15H14BrN3O3. The minimum Gasteiger partial charge on any atom is -0.502 e. The normalized spacial score (nSPS) is 10.9. The van der Waals surface area contributed by atoms with Crippen molar-refractivity contribution >= 4 is 39.2 Å². The lowest BCUT2D eigenvalue weighted by Crippen LogP contribution is -2.07. The topological polar surface area (TPSA) is 79.0 Å². The zero-order chi connectivity index (χ0) is 16.3. The monoisotopic (exact) mass is 363 g/mol. The van der Waals surface area contributed by atoms with Crippen molar-refractivity contribution in [1.82, 2.24) is 0 Å². The molecule has 7 heteroatoms. The van der Waals surface area contributed by atoms with Gasteiger partial charge in [-0.25, -0.2) is 0 Å². The van der Waals surface area contributed by atoms with Gasteiger partial charge in [-0.05, 0) is 30.3 Å². The lowest BCUT2D eigenvalue weighted by atomic mass is 10.2. The molecule has 0 unspecified atom stereocenters. The highest BCUT2D eigenvalue weighted by atomic mass is 79.9. The van der Waals surface area contributed by atoms with E-state index in [1.54, 1.807) is 6.07 Å². The highest BCUT2D eigenvalue weighted by Crippen LogP contribution is 2.32. The van der Waals surface area contributed by atoms with Crippen LogP contribution in [0.25, 0.3) is 0 Å². The number of hydrogen-bond donors (Lipinski definition) is 1. The lowest BCUT2D eigenvalue weighted by molar-refractivity contribution is -0.385. The van der Waals surface area contributed by atoms with Gasteiger partial charge in [0.2, 0.25) is 5.75 Å². The number of nitro benzene ring substituents is 1. The molecule has 2 rings (SSSR count). The van der Waals surface area contributed by atoms with Gasteiger partial charge in [-0.1, -0.05) is 15.9 Å². The van der Waals surface area contributed by atoms with Gasteiger partial charge in [0, 0.05) is 42.1 Å². The van der Waals surface area contributed by atoms with Gasteiger partial charge in [0.15, 0.2) is 0 Å². The second kappa shape index (κ2) is 6.57. The van der Waals surface area contributed by atoms with E-state index in [2.05, 4.69) is 20.9 Å². The van der Waals surface area contributed by atoms with Crippen LogP contribution in [0.15, 0.2) is 45.9 Å². The van der Waals surface area contributed by atoms with Crippen molar-refractivity contribution in [3.63, 3.8) is 0 Å². The number of aromatic hydroxyl groups is 1. The number of nitro groups is 1. The average Bonchev–Trinajstić information content (AvgIpc) is 2.47. The Balaban J connectivity index is 2.32. The molecule has 114 valence electrons. The SMILES string of the molecule is CN(C)c1ccc(N=Cc2cc(Br)cc([N+](=O)[O-])c2O)cc1. The molecule has 2 aromatic rings. The molecule has 1 N–H and O–H groups in total. The first-order valence-corrected chi connectivity index (χ1v) is 7.16. The van der Waals surface area contributed by atoms with Gasteiger partial charge in [0.1, 0.15) is 0 Å². The van der Waals surface area contributed by atoms with E-state index in [0.29, 0.717) is 10.2 Å². The minimum atomic E-state index is -0.636. The Morgan fingerprint density at radius 2 is 1.91 bits per heavy atom. The van der Waals surface area contributed by atoms with Crippen LogP contribution in [0.2, 0.25) is 0 Å². The summed E-state index contributed by atoms with van der Waals surface area (Å²) in [5.74, 6) is -0.401. The molecule has 0 aromatic heterocycles. The highest BCUT2D eigenvalue weighted by molar-refractivity contribution is 9.10. The maximum absolute atomic E-state index is 10.9. The van der Waals surface area contributed by atoms with Crippen LogP contribution in [0.3, 0.4) is 0 Å². The van der Waals surface area contributed by atoms with Gasteiger partial charge < -0.3 is 10.0 Å². The summed E-state index contributed by atoms with van der Waals surface area (Å²) in [6.45, 7) is 0.